The monoisotopic (exact) mass is 581 g/mol. The van der Waals surface area contributed by atoms with Crippen molar-refractivity contribution in [3.63, 3.8) is 0 Å². The molecule has 1 aromatic carbocycles. The Morgan fingerprint density at radius 2 is 2.02 bits per heavy atom. The number of carbonyl (C=O) groups is 1. The van der Waals surface area contributed by atoms with Gasteiger partial charge in [0.1, 0.15) is 42.8 Å². The molecule has 1 amide bonds. The molecule has 3 atom stereocenters. The maximum Gasteiger partial charge on any atom is 0.410 e. The Morgan fingerprint density at radius 3 is 2.74 bits per heavy atom. The number of aromatic nitrogens is 3. The highest BCUT2D eigenvalue weighted by atomic mass is 19.1. The number of ether oxygens (including phenoxy) is 3. The molecule has 226 valence electrons. The summed E-state index contributed by atoms with van der Waals surface area (Å²) in [4.78, 5) is 30.8. The van der Waals surface area contributed by atoms with Crippen molar-refractivity contribution < 1.29 is 23.4 Å². The van der Waals surface area contributed by atoms with E-state index in [1.54, 1.807) is 30.4 Å². The number of amides is 1. The minimum Gasteiger partial charge on any atom is -0.491 e. The quantitative estimate of drug-likeness (QED) is 0.354. The van der Waals surface area contributed by atoms with Crippen LogP contribution in [0.3, 0.4) is 0 Å². The lowest BCUT2D eigenvalue weighted by atomic mass is 9.96. The number of anilines is 3. The topological polar surface area (TPSA) is 105 Å². The predicted molar refractivity (Wildman–Crippen MR) is 160 cm³/mol. The summed E-state index contributed by atoms with van der Waals surface area (Å²) in [5.41, 5.74) is 1.16. The molecule has 5 rings (SSSR count). The number of hydrogen-bond acceptors (Lipinski definition) is 10. The molecule has 0 aliphatic carbocycles. The second-order valence-corrected chi connectivity index (χ2v) is 11.4. The van der Waals surface area contributed by atoms with Gasteiger partial charge in [-0.15, -0.1) is 0 Å². The summed E-state index contributed by atoms with van der Waals surface area (Å²) in [6.45, 7) is 6.97. The molecule has 0 radical (unpaired) electrons. The molecule has 2 fully saturated rings. The summed E-state index contributed by atoms with van der Waals surface area (Å²) in [7, 11) is 5.65. The van der Waals surface area contributed by atoms with Gasteiger partial charge in [-0.2, -0.15) is 4.98 Å². The lowest BCUT2D eigenvalue weighted by molar-refractivity contribution is -0.0174. The lowest BCUT2D eigenvalue weighted by Crippen LogP contribution is -2.47. The highest BCUT2D eigenvalue weighted by Crippen LogP contribution is 2.34. The second-order valence-electron chi connectivity index (χ2n) is 11.4. The molecule has 2 aliphatic heterocycles. The molecule has 0 bridgehead atoms. The van der Waals surface area contributed by atoms with Gasteiger partial charge in [0.2, 0.25) is 5.95 Å². The molecule has 42 heavy (non-hydrogen) atoms. The highest BCUT2D eigenvalue weighted by Gasteiger charge is 2.32. The molecule has 4 heterocycles. The number of cyclic esters (lactones) is 1. The molecule has 11 nitrogen and oxygen atoms in total. The van der Waals surface area contributed by atoms with Crippen molar-refractivity contribution in [2.75, 3.05) is 70.8 Å². The van der Waals surface area contributed by atoms with Crippen LogP contribution in [0.2, 0.25) is 0 Å². The van der Waals surface area contributed by atoms with Gasteiger partial charge in [-0.3, -0.25) is 0 Å². The number of fused-ring (bicyclic) bond motifs is 1. The van der Waals surface area contributed by atoms with Crippen LogP contribution in [0.1, 0.15) is 31.7 Å². The number of benzene rings is 1. The molecule has 0 saturated carbocycles. The summed E-state index contributed by atoms with van der Waals surface area (Å²) >= 11 is 0. The maximum absolute atomic E-state index is 14.9. The van der Waals surface area contributed by atoms with Gasteiger partial charge < -0.3 is 34.2 Å². The summed E-state index contributed by atoms with van der Waals surface area (Å²) in [6.07, 6.45) is 2.16. The Balaban J connectivity index is 1.29. The maximum atomic E-state index is 14.9. The third kappa shape index (κ3) is 6.81. The fourth-order valence-electron chi connectivity index (χ4n) is 5.15. The number of halogens is 1. The van der Waals surface area contributed by atoms with Crippen LogP contribution in [0.15, 0.2) is 36.7 Å². The lowest BCUT2D eigenvalue weighted by Gasteiger charge is -2.34. The zero-order valence-corrected chi connectivity index (χ0v) is 24.9. The van der Waals surface area contributed by atoms with Crippen LogP contribution in [-0.4, -0.2) is 110 Å². The molecule has 2 saturated heterocycles. The molecular weight excluding hydrogens is 541 g/mol. The van der Waals surface area contributed by atoms with Crippen LogP contribution < -0.4 is 15.0 Å². The normalized spacial score (nSPS) is 21.0. The first-order valence-electron chi connectivity index (χ1n) is 14.4. The molecule has 3 aromatic rings. The molecule has 2 aliphatic rings. The smallest absolute Gasteiger partial charge is 0.410 e. The molecule has 12 heteroatoms. The minimum atomic E-state index is -1.11. The zero-order chi connectivity index (χ0) is 29.8. The van der Waals surface area contributed by atoms with Gasteiger partial charge >= 0.3 is 6.09 Å². The largest absolute Gasteiger partial charge is 0.491 e. The van der Waals surface area contributed by atoms with E-state index in [4.69, 9.17) is 14.2 Å². The van der Waals surface area contributed by atoms with Gasteiger partial charge in [0.15, 0.2) is 0 Å². The predicted octanol–water partition coefficient (Wildman–Crippen LogP) is 4.22. The van der Waals surface area contributed by atoms with Crippen LogP contribution in [0.25, 0.3) is 10.8 Å². The first kappa shape index (κ1) is 29.7. The molecular formula is C30H40FN7O4. The summed E-state index contributed by atoms with van der Waals surface area (Å²) in [5.74, 6) is 2.63. The Hall–Kier alpha value is -3.77. The van der Waals surface area contributed by atoms with E-state index in [1.807, 2.05) is 36.0 Å². The number of alkyl halides is 1. The van der Waals surface area contributed by atoms with E-state index in [9.17, 15) is 9.18 Å². The summed E-state index contributed by atoms with van der Waals surface area (Å²) in [5, 5.41) is 5.19. The number of nitrogens with zero attached hydrogens (tertiary/aromatic N) is 6. The van der Waals surface area contributed by atoms with E-state index in [-0.39, 0.29) is 24.6 Å². The highest BCUT2D eigenvalue weighted by molar-refractivity contribution is 5.92. The first-order valence-corrected chi connectivity index (χ1v) is 14.4. The Labute approximate surface area is 246 Å². The standard InChI is InChI=1S/C30H40FN7O4/c1-19(2)21-6-7-25(41-17-20-18-42-30(39)37(20)5)23-15-33-28(14-22(21)23)34-27-8-10-32-29(35-27)38-11-9-26(24(31)16-38)40-13-12-36(3)4/h6-8,10,14-15,19-20,24,26H,9,11-13,16-18H2,1-5H3,(H,32,33,34,35)/t20-,24+,26-/m1/s1. The van der Waals surface area contributed by atoms with E-state index in [0.29, 0.717) is 56.1 Å². The van der Waals surface area contributed by atoms with Crippen molar-refractivity contribution in [1.82, 2.24) is 24.8 Å². The number of hydrogen-bond donors (Lipinski definition) is 1. The van der Waals surface area contributed by atoms with Crippen LogP contribution in [0, 0.1) is 0 Å². The Kier molecular flexibility index (Phi) is 9.22. The first-order chi connectivity index (χ1) is 20.2. The number of likely N-dealkylation sites (N-methyl/N-ethyl adjacent to an activating group) is 2. The van der Waals surface area contributed by atoms with E-state index in [1.165, 1.54) is 0 Å². The van der Waals surface area contributed by atoms with E-state index in [2.05, 4.69) is 40.2 Å². The third-order valence-corrected chi connectivity index (χ3v) is 7.72. The molecule has 0 spiro atoms. The molecule has 1 N–H and O–H groups in total. The summed E-state index contributed by atoms with van der Waals surface area (Å²) < 4.78 is 31.9. The van der Waals surface area contributed by atoms with Crippen LogP contribution in [-0.2, 0) is 9.47 Å². The van der Waals surface area contributed by atoms with E-state index in [0.717, 1.165) is 22.9 Å². The van der Waals surface area contributed by atoms with Crippen molar-refractivity contribution in [3.05, 3.63) is 42.2 Å². The van der Waals surface area contributed by atoms with Crippen LogP contribution in [0.5, 0.6) is 5.75 Å². The van der Waals surface area contributed by atoms with Crippen LogP contribution >= 0.6 is 0 Å². The van der Waals surface area contributed by atoms with Gasteiger partial charge in [-0.05, 0) is 55.6 Å². The fourth-order valence-corrected chi connectivity index (χ4v) is 5.15. The van der Waals surface area contributed by atoms with Crippen molar-refractivity contribution in [2.24, 2.45) is 0 Å². The van der Waals surface area contributed by atoms with Gasteiger partial charge in [0.05, 0.1) is 19.3 Å². The van der Waals surface area contributed by atoms with Crippen molar-refractivity contribution in [1.29, 1.82) is 0 Å². The number of piperidine rings is 1. The van der Waals surface area contributed by atoms with Gasteiger partial charge in [0, 0.05) is 37.9 Å². The average molecular weight is 582 g/mol. The van der Waals surface area contributed by atoms with Crippen molar-refractivity contribution in [3.8, 4) is 5.75 Å². The Bertz CT molecular complexity index is 1390. The molecule has 2 aromatic heterocycles. The van der Waals surface area contributed by atoms with Gasteiger partial charge in [-0.1, -0.05) is 19.9 Å². The fraction of sp³-hybridized carbons (Fsp3) is 0.533. The minimum absolute atomic E-state index is 0.146. The number of rotatable bonds is 11. The number of nitrogens with one attached hydrogen (secondary N) is 1. The van der Waals surface area contributed by atoms with E-state index < -0.39 is 12.3 Å². The zero-order valence-electron chi connectivity index (χ0n) is 24.9. The molecule has 0 unspecified atom stereocenters. The third-order valence-electron chi connectivity index (χ3n) is 7.72. The van der Waals surface area contributed by atoms with E-state index >= 15 is 0 Å². The SMILES string of the molecule is CC(C)c1ccc(OC[C@@H]2COC(=O)N2C)c2cnc(Nc3ccnc(N4CC[C@@H](OCCN(C)C)[C@@H](F)C4)n3)cc12. The number of pyridine rings is 1. The van der Waals surface area contributed by atoms with Gasteiger partial charge in [-0.25, -0.2) is 19.2 Å². The second kappa shape index (κ2) is 13.0. The Morgan fingerprint density at radius 1 is 1.19 bits per heavy atom. The number of carbonyl (C=O) groups excluding carboxylic acids is 1. The van der Waals surface area contributed by atoms with Crippen molar-refractivity contribution in [2.45, 2.75) is 44.5 Å². The summed E-state index contributed by atoms with van der Waals surface area (Å²) in [6, 6.07) is 7.63. The van der Waals surface area contributed by atoms with Crippen LogP contribution in [0.4, 0.5) is 26.8 Å². The van der Waals surface area contributed by atoms with Crippen molar-refractivity contribution >= 4 is 34.4 Å². The van der Waals surface area contributed by atoms with Gasteiger partial charge in [0.25, 0.3) is 0 Å². The average Bonchev–Trinajstić information content (AvgIpc) is 3.28.